The maximum absolute atomic E-state index is 11.8. The molecule has 0 aromatic heterocycles. The zero-order chi connectivity index (χ0) is 16.2. The third-order valence-electron chi connectivity index (χ3n) is 4.20. The van der Waals surface area contributed by atoms with Crippen LogP contribution in [0.3, 0.4) is 0 Å². The van der Waals surface area contributed by atoms with Crippen molar-refractivity contribution in [2.24, 2.45) is 5.73 Å². The van der Waals surface area contributed by atoms with Crippen LogP contribution >= 0.6 is 37.2 Å². The second-order valence-electron chi connectivity index (χ2n) is 6.64. The number of para-hydroxylation sites is 1. The Labute approximate surface area is 169 Å². The summed E-state index contributed by atoms with van der Waals surface area (Å²) in [5.41, 5.74) is 6.27. The molecule has 0 saturated carbocycles. The molecule has 0 radical (unpaired) electrons. The van der Waals surface area contributed by atoms with E-state index in [-0.39, 0.29) is 43.1 Å². The first-order chi connectivity index (χ1) is 10.4. The van der Waals surface area contributed by atoms with Crippen LogP contribution < -0.4 is 16.0 Å². The zero-order valence-corrected chi connectivity index (χ0v) is 17.6. The number of carbonyl (C=O) groups excluding carboxylic acids is 1. The van der Waals surface area contributed by atoms with E-state index in [9.17, 15) is 4.79 Å². The molecule has 3 N–H and O–H groups in total. The molecule has 1 aliphatic rings. The van der Waals surface area contributed by atoms with Crippen LogP contribution in [0.5, 0.6) is 0 Å². The fraction of sp³-hybridized carbons (Fsp3) is 0.588. The van der Waals surface area contributed by atoms with Gasteiger partial charge < -0.3 is 16.0 Å². The average Bonchev–Trinajstić information content (AvgIpc) is 2.52. The van der Waals surface area contributed by atoms with Gasteiger partial charge >= 0.3 is 0 Å². The third-order valence-corrected chi connectivity index (χ3v) is 4.20. The van der Waals surface area contributed by atoms with Gasteiger partial charge in [-0.1, -0.05) is 18.2 Å². The van der Waals surface area contributed by atoms with E-state index < -0.39 is 5.54 Å². The van der Waals surface area contributed by atoms with Crippen molar-refractivity contribution in [3.63, 3.8) is 0 Å². The molecule has 1 unspecified atom stereocenters. The van der Waals surface area contributed by atoms with Gasteiger partial charge in [0.15, 0.2) is 0 Å². The summed E-state index contributed by atoms with van der Waals surface area (Å²) in [4.78, 5) is 16.7. The summed E-state index contributed by atoms with van der Waals surface area (Å²) in [6.45, 7) is 10.3. The molecule has 1 aliphatic heterocycles. The van der Waals surface area contributed by atoms with E-state index in [1.165, 1.54) is 5.69 Å². The van der Waals surface area contributed by atoms with Crippen molar-refractivity contribution < 1.29 is 4.79 Å². The van der Waals surface area contributed by atoms with Crippen molar-refractivity contribution >= 4 is 48.8 Å². The molecule has 25 heavy (non-hydrogen) atoms. The van der Waals surface area contributed by atoms with Gasteiger partial charge in [0, 0.05) is 44.5 Å². The Morgan fingerprint density at radius 2 is 1.64 bits per heavy atom. The Morgan fingerprint density at radius 1 is 1.12 bits per heavy atom. The lowest BCUT2D eigenvalue weighted by molar-refractivity contribution is -0.125. The van der Waals surface area contributed by atoms with Gasteiger partial charge in [-0.05, 0) is 32.9 Å². The van der Waals surface area contributed by atoms with E-state index in [2.05, 4.69) is 46.3 Å². The highest BCUT2D eigenvalue weighted by atomic mass is 35.5. The molecule has 1 aromatic carbocycles. The third kappa shape index (κ3) is 8.01. The van der Waals surface area contributed by atoms with Crippen molar-refractivity contribution in [1.29, 1.82) is 0 Å². The number of nitrogens with two attached hydrogens (primary N) is 1. The highest BCUT2D eigenvalue weighted by Gasteiger charge is 2.24. The lowest BCUT2D eigenvalue weighted by Crippen LogP contribution is -2.55. The van der Waals surface area contributed by atoms with E-state index >= 15 is 0 Å². The number of amides is 1. The molecule has 0 aliphatic carbocycles. The van der Waals surface area contributed by atoms with Gasteiger partial charge in [-0.2, -0.15) is 0 Å². The maximum atomic E-state index is 11.8. The molecule has 2 rings (SSSR count). The molecule has 146 valence electrons. The van der Waals surface area contributed by atoms with Crippen LogP contribution in [0.4, 0.5) is 5.69 Å². The van der Waals surface area contributed by atoms with E-state index in [4.69, 9.17) is 5.73 Å². The van der Waals surface area contributed by atoms with Crippen LogP contribution in [-0.2, 0) is 4.79 Å². The number of carbonyl (C=O) groups is 1. The number of nitrogens with zero attached hydrogens (tertiary/aromatic N) is 2. The van der Waals surface area contributed by atoms with Crippen LogP contribution in [0.15, 0.2) is 30.3 Å². The molecule has 1 fully saturated rings. The van der Waals surface area contributed by atoms with E-state index in [1.54, 1.807) is 13.8 Å². The van der Waals surface area contributed by atoms with Crippen LogP contribution in [0, 0.1) is 0 Å². The standard InChI is InChI=1S/C17H28N4O.3ClH/c1-14(13-19-16(22)17(2,3)18)20-9-11-21(12-10-20)15-7-5-4-6-8-15;;;/h4-8,14H,9-13,18H2,1-3H3,(H,19,22);3*1H. The number of benzene rings is 1. The Morgan fingerprint density at radius 3 is 2.12 bits per heavy atom. The molecule has 1 aromatic rings. The monoisotopic (exact) mass is 412 g/mol. The Kier molecular flexibility index (Phi) is 12.5. The lowest BCUT2D eigenvalue weighted by atomic mass is 10.1. The molecule has 5 nitrogen and oxygen atoms in total. The number of halogens is 3. The normalized spacial score (nSPS) is 15.9. The highest BCUT2D eigenvalue weighted by Crippen LogP contribution is 2.16. The fourth-order valence-corrected chi connectivity index (χ4v) is 2.66. The molecule has 1 saturated heterocycles. The van der Waals surface area contributed by atoms with Gasteiger partial charge in [-0.15, -0.1) is 37.2 Å². The van der Waals surface area contributed by atoms with Gasteiger partial charge in [0.05, 0.1) is 5.54 Å². The van der Waals surface area contributed by atoms with Crippen LogP contribution in [0.2, 0.25) is 0 Å². The first-order valence-electron chi connectivity index (χ1n) is 7.99. The minimum atomic E-state index is -0.814. The van der Waals surface area contributed by atoms with Crippen molar-refractivity contribution in [2.45, 2.75) is 32.4 Å². The van der Waals surface area contributed by atoms with Gasteiger partial charge in [0.1, 0.15) is 0 Å². The van der Waals surface area contributed by atoms with Crippen molar-refractivity contribution in [2.75, 3.05) is 37.6 Å². The summed E-state index contributed by atoms with van der Waals surface area (Å²) in [5.74, 6) is -0.0951. The van der Waals surface area contributed by atoms with Gasteiger partial charge in [-0.3, -0.25) is 9.69 Å². The summed E-state index contributed by atoms with van der Waals surface area (Å²) in [5, 5.41) is 2.94. The number of piperazine rings is 1. The molecule has 8 heteroatoms. The van der Waals surface area contributed by atoms with Crippen LogP contribution in [0.25, 0.3) is 0 Å². The lowest BCUT2D eigenvalue weighted by Gasteiger charge is -2.39. The Hall–Kier alpha value is -0.720. The van der Waals surface area contributed by atoms with E-state index in [1.807, 2.05) is 6.07 Å². The van der Waals surface area contributed by atoms with E-state index in [0.717, 1.165) is 26.2 Å². The van der Waals surface area contributed by atoms with Crippen molar-refractivity contribution in [3.05, 3.63) is 30.3 Å². The van der Waals surface area contributed by atoms with E-state index in [0.29, 0.717) is 12.6 Å². The van der Waals surface area contributed by atoms with Gasteiger partial charge in [0.25, 0.3) is 0 Å². The summed E-state index contributed by atoms with van der Waals surface area (Å²) in [6, 6.07) is 10.8. The second-order valence-corrected chi connectivity index (χ2v) is 6.64. The summed E-state index contributed by atoms with van der Waals surface area (Å²) < 4.78 is 0. The number of nitrogens with one attached hydrogen (secondary N) is 1. The minimum Gasteiger partial charge on any atom is -0.369 e. The molecular formula is C17H31Cl3N4O. The van der Waals surface area contributed by atoms with Gasteiger partial charge in [0.2, 0.25) is 5.91 Å². The predicted molar refractivity (Wildman–Crippen MR) is 113 cm³/mol. The summed E-state index contributed by atoms with van der Waals surface area (Å²) >= 11 is 0. The van der Waals surface area contributed by atoms with Crippen molar-refractivity contribution in [3.8, 4) is 0 Å². The van der Waals surface area contributed by atoms with Crippen molar-refractivity contribution in [1.82, 2.24) is 10.2 Å². The molecule has 0 bridgehead atoms. The maximum Gasteiger partial charge on any atom is 0.239 e. The molecule has 0 spiro atoms. The first kappa shape index (κ1) is 26.5. The molecule has 1 amide bonds. The topological polar surface area (TPSA) is 61.6 Å². The number of rotatable bonds is 5. The highest BCUT2D eigenvalue weighted by molar-refractivity contribution is 5.86. The number of hydrogen-bond donors (Lipinski definition) is 2. The largest absolute Gasteiger partial charge is 0.369 e. The summed E-state index contributed by atoms with van der Waals surface area (Å²) in [6.07, 6.45) is 0. The number of anilines is 1. The predicted octanol–water partition coefficient (Wildman–Crippen LogP) is 2.32. The molecule has 1 atom stereocenters. The molecular weight excluding hydrogens is 383 g/mol. The average molecular weight is 414 g/mol. The van der Waals surface area contributed by atoms with Gasteiger partial charge in [-0.25, -0.2) is 0 Å². The number of hydrogen-bond acceptors (Lipinski definition) is 4. The van der Waals surface area contributed by atoms with Crippen LogP contribution in [0.1, 0.15) is 20.8 Å². The smallest absolute Gasteiger partial charge is 0.239 e. The second kappa shape index (κ2) is 11.8. The first-order valence-corrected chi connectivity index (χ1v) is 7.99. The SMILES string of the molecule is CC(CNC(=O)C(C)(C)N)N1CCN(c2ccccc2)CC1.Cl.Cl.Cl. The Balaban J connectivity index is 0. The Bertz CT molecular complexity index is 488. The zero-order valence-electron chi connectivity index (χ0n) is 15.1. The molecule has 1 heterocycles. The fourth-order valence-electron chi connectivity index (χ4n) is 2.66. The van der Waals surface area contributed by atoms with Crippen LogP contribution in [-0.4, -0.2) is 55.1 Å². The minimum absolute atomic E-state index is 0. The summed E-state index contributed by atoms with van der Waals surface area (Å²) in [7, 11) is 0. The quantitative estimate of drug-likeness (QED) is 0.777.